The van der Waals surface area contributed by atoms with Crippen molar-refractivity contribution < 1.29 is 9.66 Å². The average molecular weight is 274 g/mol. The topological polar surface area (TPSA) is 76.4 Å². The number of methoxy groups -OCH3 is 1. The Morgan fingerprint density at radius 2 is 2.17 bits per heavy atom. The van der Waals surface area contributed by atoms with Crippen molar-refractivity contribution >= 4 is 23.0 Å². The third-order valence-corrected chi connectivity index (χ3v) is 2.49. The fourth-order valence-electron chi connectivity index (χ4n) is 1.39. The van der Waals surface area contributed by atoms with Crippen molar-refractivity contribution in [3.8, 4) is 0 Å². The highest BCUT2D eigenvalue weighted by Gasteiger charge is 2.12. The molecule has 0 spiro atoms. The number of nitro groups is 1. The number of nitro benzene ring substituents is 1. The number of nitrogens with one attached hydrogen (secondary N) is 2. The van der Waals surface area contributed by atoms with Gasteiger partial charge in [-0.1, -0.05) is 11.6 Å². The molecule has 0 aliphatic heterocycles. The van der Waals surface area contributed by atoms with Crippen molar-refractivity contribution in [2.75, 3.05) is 38.7 Å². The second-order valence-electron chi connectivity index (χ2n) is 3.59. The summed E-state index contributed by atoms with van der Waals surface area (Å²) in [4.78, 5) is 10.4. The molecule has 0 saturated heterocycles. The molecular weight excluding hydrogens is 258 g/mol. The Kier molecular flexibility index (Phi) is 6.42. The van der Waals surface area contributed by atoms with Crippen LogP contribution in [0.1, 0.15) is 0 Å². The third-order valence-electron chi connectivity index (χ3n) is 2.26. The zero-order valence-electron chi connectivity index (χ0n) is 10.1. The van der Waals surface area contributed by atoms with Crippen molar-refractivity contribution in [3.63, 3.8) is 0 Å². The van der Waals surface area contributed by atoms with Gasteiger partial charge < -0.3 is 15.4 Å². The van der Waals surface area contributed by atoms with E-state index in [4.69, 9.17) is 16.3 Å². The van der Waals surface area contributed by atoms with E-state index in [1.807, 2.05) is 0 Å². The van der Waals surface area contributed by atoms with Crippen LogP contribution >= 0.6 is 11.6 Å². The van der Waals surface area contributed by atoms with Gasteiger partial charge in [0.2, 0.25) is 0 Å². The number of benzene rings is 1. The molecule has 0 amide bonds. The third kappa shape index (κ3) is 4.87. The molecule has 0 aliphatic rings. The van der Waals surface area contributed by atoms with Crippen molar-refractivity contribution in [3.05, 3.63) is 33.3 Å². The van der Waals surface area contributed by atoms with Gasteiger partial charge in [-0.3, -0.25) is 10.1 Å². The van der Waals surface area contributed by atoms with Crippen molar-refractivity contribution in [1.29, 1.82) is 0 Å². The molecule has 0 radical (unpaired) electrons. The van der Waals surface area contributed by atoms with E-state index in [0.29, 0.717) is 30.4 Å². The van der Waals surface area contributed by atoms with Crippen LogP contribution < -0.4 is 10.6 Å². The van der Waals surface area contributed by atoms with E-state index in [1.54, 1.807) is 13.2 Å². The van der Waals surface area contributed by atoms with Crippen LogP contribution in [0, 0.1) is 10.1 Å². The van der Waals surface area contributed by atoms with Gasteiger partial charge in [0.05, 0.1) is 11.5 Å². The smallest absolute Gasteiger partial charge is 0.292 e. The summed E-state index contributed by atoms with van der Waals surface area (Å²) in [6, 6.07) is 4.44. The number of ether oxygens (including phenoxy) is 1. The Bertz CT molecular complexity index is 401. The minimum absolute atomic E-state index is 0.0243. The van der Waals surface area contributed by atoms with Crippen LogP contribution in [0.25, 0.3) is 0 Å². The van der Waals surface area contributed by atoms with Crippen LogP contribution in [0.2, 0.25) is 5.02 Å². The summed E-state index contributed by atoms with van der Waals surface area (Å²) in [6.45, 7) is 2.64. The molecule has 0 fully saturated rings. The fraction of sp³-hybridized carbons (Fsp3) is 0.455. The first kappa shape index (κ1) is 14.7. The summed E-state index contributed by atoms with van der Waals surface area (Å²) in [7, 11) is 1.63. The second kappa shape index (κ2) is 7.86. The van der Waals surface area contributed by atoms with Crippen LogP contribution in [-0.2, 0) is 4.74 Å². The molecule has 6 nitrogen and oxygen atoms in total. The standard InChI is InChI=1S/C11H16ClN3O3/c1-18-7-6-13-4-5-14-10-8-9(12)2-3-11(10)15(16)17/h2-3,8,13-14H,4-7H2,1H3. The summed E-state index contributed by atoms with van der Waals surface area (Å²) in [6.07, 6.45) is 0. The molecule has 1 aromatic rings. The molecule has 18 heavy (non-hydrogen) atoms. The average Bonchev–Trinajstić information content (AvgIpc) is 2.33. The first-order chi connectivity index (χ1) is 8.65. The molecule has 0 unspecified atom stereocenters. The molecule has 0 atom stereocenters. The number of hydrogen-bond donors (Lipinski definition) is 2. The zero-order valence-corrected chi connectivity index (χ0v) is 10.9. The Labute approximate surface area is 110 Å². The van der Waals surface area contributed by atoms with E-state index in [0.717, 1.165) is 6.54 Å². The normalized spacial score (nSPS) is 10.3. The van der Waals surface area contributed by atoms with Gasteiger partial charge in [0, 0.05) is 37.8 Å². The van der Waals surface area contributed by atoms with Gasteiger partial charge >= 0.3 is 0 Å². The van der Waals surface area contributed by atoms with Crippen LogP contribution in [0.4, 0.5) is 11.4 Å². The first-order valence-electron chi connectivity index (χ1n) is 5.52. The summed E-state index contributed by atoms with van der Waals surface area (Å²) in [5.41, 5.74) is 0.456. The van der Waals surface area contributed by atoms with E-state index in [9.17, 15) is 10.1 Å². The van der Waals surface area contributed by atoms with Gasteiger partial charge in [0.1, 0.15) is 5.69 Å². The van der Waals surface area contributed by atoms with Crippen molar-refractivity contribution in [2.45, 2.75) is 0 Å². The van der Waals surface area contributed by atoms with Gasteiger partial charge in [-0.05, 0) is 12.1 Å². The molecule has 100 valence electrons. The van der Waals surface area contributed by atoms with Crippen molar-refractivity contribution in [2.24, 2.45) is 0 Å². The van der Waals surface area contributed by atoms with Crippen LogP contribution in [-0.4, -0.2) is 38.3 Å². The molecular formula is C11H16ClN3O3. The number of halogens is 1. The van der Waals surface area contributed by atoms with E-state index in [2.05, 4.69) is 10.6 Å². The van der Waals surface area contributed by atoms with Gasteiger partial charge in [-0.25, -0.2) is 0 Å². The Balaban J connectivity index is 2.45. The molecule has 2 N–H and O–H groups in total. The highest BCUT2D eigenvalue weighted by molar-refractivity contribution is 6.31. The zero-order chi connectivity index (χ0) is 13.4. The minimum atomic E-state index is -0.434. The summed E-state index contributed by atoms with van der Waals surface area (Å²) >= 11 is 5.81. The summed E-state index contributed by atoms with van der Waals surface area (Å²) in [5.74, 6) is 0. The maximum atomic E-state index is 10.8. The number of anilines is 1. The van der Waals surface area contributed by atoms with E-state index < -0.39 is 4.92 Å². The van der Waals surface area contributed by atoms with Crippen LogP contribution in [0.15, 0.2) is 18.2 Å². The monoisotopic (exact) mass is 273 g/mol. The largest absolute Gasteiger partial charge is 0.383 e. The van der Waals surface area contributed by atoms with Crippen LogP contribution in [0.5, 0.6) is 0 Å². The summed E-state index contributed by atoms with van der Waals surface area (Å²) in [5, 5.41) is 17.4. The van der Waals surface area contributed by atoms with E-state index >= 15 is 0 Å². The molecule has 0 bridgehead atoms. The maximum absolute atomic E-state index is 10.8. The maximum Gasteiger partial charge on any atom is 0.292 e. The Morgan fingerprint density at radius 1 is 1.39 bits per heavy atom. The lowest BCUT2D eigenvalue weighted by Gasteiger charge is -2.08. The molecule has 0 aromatic heterocycles. The minimum Gasteiger partial charge on any atom is -0.383 e. The van der Waals surface area contributed by atoms with Crippen molar-refractivity contribution in [1.82, 2.24) is 5.32 Å². The van der Waals surface area contributed by atoms with Gasteiger partial charge in [0.25, 0.3) is 5.69 Å². The number of hydrogen-bond acceptors (Lipinski definition) is 5. The highest BCUT2D eigenvalue weighted by atomic mass is 35.5. The Morgan fingerprint density at radius 3 is 2.83 bits per heavy atom. The number of nitrogens with zero attached hydrogens (tertiary/aromatic N) is 1. The summed E-state index contributed by atoms with van der Waals surface area (Å²) < 4.78 is 4.88. The molecule has 0 heterocycles. The molecule has 1 rings (SSSR count). The van der Waals surface area contributed by atoms with Crippen LogP contribution in [0.3, 0.4) is 0 Å². The van der Waals surface area contributed by atoms with Gasteiger partial charge in [0.15, 0.2) is 0 Å². The lowest BCUT2D eigenvalue weighted by atomic mass is 10.2. The molecule has 0 aliphatic carbocycles. The van der Waals surface area contributed by atoms with E-state index in [1.165, 1.54) is 12.1 Å². The molecule has 1 aromatic carbocycles. The predicted octanol–water partition coefficient (Wildman–Crippen LogP) is 1.90. The molecule has 0 saturated carbocycles. The SMILES string of the molecule is COCCNCCNc1cc(Cl)ccc1[N+](=O)[O-]. The molecule has 7 heteroatoms. The van der Waals surface area contributed by atoms with Gasteiger partial charge in [-0.15, -0.1) is 0 Å². The lowest BCUT2D eigenvalue weighted by Crippen LogP contribution is -2.25. The quantitative estimate of drug-likeness (QED) is 0.430. The van der Waals surface area contributed by atoms with E-state index in [-0.39, 0.29) is 5.69 Å². The first-order valence-corrected chi connectivity index (χ1v) is 5.90. The second-order valence-corrected chi connectivity index (χ2v) is 4.02. The highest BCUT2D eigenvalue weighted by Crippen LogP contribution is 2.27. The fourth-order valence-corrected chi connectivity index (χ4v) is 1.57. The number of rotatable bonds is 8. The predicted molar refractivity (Wildman–Crippen MR) is 71.3 cm³/mol. The van der Waals surface area contributed by atoms with Gasteiger partial charge in [-0.2, -0.15) is 0 Å². The lowest BCUT2D eigenvalue weighted by molar-refractivity contribution is -0.384. The Hall–Kier alpha value is -1.37.